The monoisotopic (exact) mass is 564 g/mol. The van der Waals surface area contributed by atoms with Crippen LogP contribution in [0.1, 0.15) is 25.0 Å². The molecule has 0 saturated heterocycles. The topological polar surface area (TPSA) is 23.0 Å². The minimum atomic E-state index is -0.0843. The van der Waals surface area contributed by atoms with E-state index in [2.05, 4.69) is 156 Å². The molecule has 208 valence electrons. The van der Waals surface area contributed by atoms with Gasteiger partial charge in [-0.3, -0.25) is 9.13 Å². The van der Waals surface area contributed by atoms with E-state index in [-0.39, 0.29) is 5.41 Å². The second-order valence-corrected chi connectivity index (χ2v) is 12.6. The Morgan fingerprint density at radius 3 is 2.07 bits per heavy atom. The van der Waals surface area contributed by atoms with E-state index in [0.29, 0.717) is 0 Å². The molecule has 44 heavy (non-hydrogen) atoms. The molecular formula is C41H28N2O. The number of furan rings is 1. The number of rotatable bonds is 2. The van der Waals surface area contributed by atoms with Crippen molar-refractivity contribution >= 4 is 54.8 Å². The van der Waals surface area contributed by atoms with Crippen LogP contribution in [0.3, 0.4) is 0 Å². The Morgan fingerprint density at radius 2 is 1.18 bits per heavy atom. The van der Waals surface area contributed by atoms with Crippen LogP contribution in [0.15, 0.2) is 138 Å². The van der Waals surface area contributed by atoms with Crippen LogP contribution in [0.2, 0.25) is 0 Å². The summed E-state index contributed by atoms with van der Waals surface area (Å²) in [4.78, 5) is 0. The van der Waals surface area contributed by atoms with Crippen molar-refractivity contribution < 1.29 is 4.42 Å². The molecule has 1 aliphatic rings. The highest BCUT2D eigenvalue weighted by atomic mass is 16.4. The van der Waals surface area contributed by atoms with E-state index in [1.54, 1.807) is 0 Å². The standard InChI is InChI=1S/C41H28N2O/c1-41(2)33-18-10-8-16-29(33)30-23-21-27(24-34(30)41)42-35-19-11-9-17-31(35)36-37-32-22-20-25-12-6-7-15-28(25)38(32)43(40(37)44-39(36)42)26-13-4-3-5-14-26/h3-24H,1-2H3. The number of hydrogen-bond acceptors (Lipinski definition) is 1. The lowest BCUT2D eigenvalue weighted by molar-refractivity contribution is 0.624. The summed E-state index contributed by atoms with van der Waals surface area (Å²) in [5, 5.41) is 7.16. The van der Waals surface area contributed by atoms with Crippen molar-refractivity contribution in [2.24, 2.45) is 0 Å². The molecular weight excluding hydrogens is 536 g/mol. The third kappa shape index (κ3) is 2.91. The summed E-state index contributed by atoms with van der Waals surface area (Å²) >= 11 is 0. The van der Waals surface area contributed by atoms with Gasteiger partial charge in [-0.05, 0) is 58.0 Å². The normalized spacial score (nSPS) is 13.9. The maximum atomic E-state index is 7.10. The molecule has 0 saturated carbocycles. The van der Waals surface area contributed by atoms with Gasteiger partial charge in [0.15, 0.2) is 0 Å². The Bertz CT molecular complexity index is 2630. The minimum Gasteiger partial charge on any atom is -0.422 e. The highest BCUT2D eigenvalue weighted by Gasteiger charge is 2.36. The first-order chi connectivity index (χ1) is 21.6. The van der Waals surface area contributed by atoms with Gasteiger partial charge in [0.05, 0.1) is 21.8 Å². The van der Waals surface area contributed by atoms with Crippen LogP contribution in [-0.4, -0.2) is 9.13 Å². The van der Waals surface area contributed by atoms with Crippen molar-refractivity contribution in [2.75, 3.05) is 0 Å². The van der Waals surface area contributed by atoms with Crippen molar-refractivity contribution in [1.82, 2.24) is 9.13 Å². The van der Waals surface area contributed by atoms with Gasteiger partial charge >= 0.3 is 0 Å². The first-order valence-corrected chi connectivity index (χ1v) is 15.3. The van der Waals surface area contributed by atoms with Gasteiger partial charge in [-0.1, -0.05) is 117 Å². The van der Waals surface area contributed by atoms with Gasteiger partial charge in [0, 0.05) is 32.9 Å². The number of para-hydroxylation sites is 2. The van der Waals surface area contributed by atoms with Crippen LogP contribution < -0.4 is 0 Å². The molecule has 0 N–H and O–H groups in total. The molecule has 10 rings (SSSR count). The number of fused-ring (bicyclic) bond motifs is 12. The maximum Gasteiger partial charge on any atom is 0.215 e. The molecule has 3 heterocycles. The fourth-order valence-corrected chi connectivity index (χ4v) is 7.92. The second-order valence-electron chi connectivity index (χ2n) is 12.6. The van der Waals surface area contributed by atoms with Gasteiger partial charge < -0.3 is 4.42 Å². The van der Waals surface area contributed by atoms with Crippen molar-refractivity contribution in [2.45, 2.75) is 19.3 Å². The Morgan fingerprint density at radius 1 is 0.500 bits per heavy atom. The first-order valence-electron chi connectivity index (χ1n) is 15.3. The lowest BCUT2D eigenvalue weighted by atomic mass is 9.82. The number of benzene rings is 6. The van der Waals surface area contributed by atoms with E-state index in [1.165, 1.54) is 49.3 Å². The molecule has 3 heteroatoms. The Balaban J connectivity index is 1.35. The van der Waals surface area contributed by atoms with E-state index in [9.17, 15) is 0 Å². The van der Waals surface area contributed by atoms with Gasteiger partial charge in [0.2, 0.25) is 11.4 Å². The van der Waals surface area contributed by atoms with Gasteiger partial charge in [0.25, 0.3) is 0 Å². The SMILES string of the molecule is CC1(C)c2ccccc2-c2ccc(-n3c4ccccc4c4c5c6ccc7ccccc7c6n(-c6ccccc6)c5oc43)cc21. The average Bonchev–Trinajstić information content (AvgIpc) is 3.75. The van der Waals surface area contributed by atoms with Gasteiger partial charge in [-0.15, -0.1) is 0 Å². The third-order valence-corrected chi connectivity index (χ3v) is 9.92. The van der Waals surface area contributed by atoms with Crippen LogP contribution in [0.25, 0.3) is 77.3 Å². The molecule has 0 bridgehead atoms. The molecule has 1 aliphatic carbocycles. The molecule has 0 spiro atoms. The van der Waals surface area contributed by atoms with Crippen LogP contribution >= 0.6 is 0 Å². The zero-order chi connectivity index (χ0) is 29.2. The predicted molar refractivity (Wildman–Crippen MR) is 182 cm³/mol. The van der Waals surface area contributed by atoms with Crippen molar-refractivity contribution in [3.05, 3.63) is 145 Å². The maximum absolute atomic E-state index is 7.10. The summed E-state index contributed by atoms with van der Waals surface area (Å²) in [7, 11) is 0. The summed E-state index contributed by atoms with van der Waals surface area (Å²) in [6.45, 7) is 4.68. The lowest BCUT2D eigenvalue weighted by Crippen LogP contribution is -2.15. The van der Waals surface area contributed by atoms with Crippen molar-refractivity contribution in [1.29, 1.82) is 0 Å². The molecule has 3 nitrogen and oxygen atoms in total. The fraction of sp³-hybridized carbons (Fsp3) is 0.0732. The number of nitrogens with zero attached hydrogens (tertiary/aromatic N) is 2. The quantitative estimate of drug-likeness (QED) is 0.205. The second kappa shape index (κ2) is 8.30. The Hall–Kier alpha value is -5.54. The van der Waals surface area contributed by atoms with Crippen molar-refractivity contribution in [3.8, 4) is 22.5 Å². The van der Waals surface area contributed by atoms with E-state index in [0.717, 1.165) is 39.1 Å². The van der Waals surface area contributed by atoms with Crippen LogP contribution in [0.5, 0.6) is 0 Å². The zero-order valence-electron chi connectivity index (χ0n) is 24.5. The molecule has 0 radical (unpaired) electrons. The fourth-order valence-electron chi connectivity index (χ4n) is 7.92. The van der Waals surface area contributed by atoms with Gasteiger partial charge in [-0.2, -0.15) is 0 Å². The van der Waals surface area contributed by atoms with Gasteiger partial charge in [-0.25, -0.2) is 0 Å². The molecule has 6 aromatic carbocycles. The summed E-state index contributed by atoms with van der Waals surface area (Å²) in [6.07, 6.45) is 0. The Labute approximate surface area is 254 Å². The largest absolute Gasteiger partial charge is 0.422 e. The lowest BCUT2D eigenvalue weighted by Gasteiger charge is -2.22. The minimum absolute atomic E-state index is 0.0843. The smallest absolute Gasteiger partial charge is 0.215 e. The average molecular weight is 565 g/mol. The Kier molecular flexibility index (Phi) is 4.52. The molecule has 0 amide bonds. The van der Waals surface area contributed by atoms with Crippen LogP contribution in [0.4, 0.5) is 0 Å². The summed E-state index contributed by atoms with van der Waals surface area (Å²) in [5.74, 6) is 0. The predicted octanol–water partition coefficient (Wildman–Crippen LogP) is 10.9. The third-order valence-electron chi connectivity index (χ3n) is 9.92. The van der Waals surface area contributed by atoms with E-state index < -0.39 is 0 Å². The number of aromatic nitrogens is 2. The van der Waals surface area contributed by atoms with Crippen LogP contribution in [-0.2, 0) is 5.41 Å². The molecule has 0 unspecified atom stereocenters. The highest BCUT2D eigenvalue weighted by Crippen LogP contribution is 2.50. The van der Waals surface area contributed by atoms with E-state index in [4.69, 9.17) is 4.42 Å². The molecule has 0 aliphatic heterocycles. The summed E-state index contributed by atoms with van der Waals surface area (Å²) in [5.41, 5.74) is 11.6. The number of hydrogen-bond donors (Lipinski definition) is 0. The molecule has 0 fully saturated rings. The molecule has 9 aromatic rings. The molecule has 0 atom stereocenters. The van der Waals surface area contributed by atoms with Gasteiger partial charge in [0.1, 0.15) is 0 Å². The highest BCUT2D eigenvalue weighted by molar-refractivity contribution is 6.30. The van der Waals surface area contributed by atoms with Crippen molar-refractivity contribution in [3.63, 3.8) is 0 Å². The van der Waals surface area contributed by atoms with E-state index >= 15 is 0 Å². The molecule has 3 aromatic heterocycles. The van der Waals surface area contributed by atoms with E-state index in [1.807, 2.05) is 0 Å². The summed E-state index contributed by atoms with van der Waals surface area (Å²) in [6, 6.07) is 48.2. The summed E-state index contributed by atoms with van der Waals surface area (Å²) < 4.78 is 11.7. The first kappa shape index (κ1) is 24.0. The zero-order valence-corrected chi connectivity index (χ0v) is 24.5. The van der Waals surface area contributed by atoms with Crippen LogP contribution in [0, 0.1) is 0 Å².